The van der Waals surface area contributed by atoms with E-state index in [0.29, 0.717) is 29.9 Å². The van der Waals surface area contributed by atoms with E-state index < -0.39 is 0 Å². The van der Waals surface area contributed by atoms with Crippen LogP contribution in [0, 0.1) is 19.7 Å². The Kier molecular flexibility index (Phi) is 4.01. The number of hydrogen-bond donors (Lipinski definition) is 1. The summed E-state index contributed by atoms with van der Waals surface area (Å²) in [4.78, 5) is 27.0. The van der Waals surface area contributed by atoms with Crippen LogP contribution in [0.5, 0.6) is 0 Å². The van der Waals surface area contributed by atoms with Gasteiger partial charge in [0.2, 0.25) is 5.91 Å². The molecule has 7 heteroatoms. The molecule has 2 aromatic rings. The van der Waals surface area contributed by atoms with Crippen molar-refractivity contribution in [2.45, 2.75) is 45.2 Å². The second-order valence-corrected chi connectivity index (χ2v) is 7.04. The summed E-state index contributed by atoms with van der Waals surface area (Å²) < 4.78 is 14.9. The highest BCUT2D eigenvalue weighted by Crippen LogP contribution is 2.31. The Balaban J connectivity index is 1.71. The third-order valence-electron chi connectivity index (χ3n) is 5.39. The molecular weight excluding hydrogens is 335 g/mol. The first kappa shape index (κ1) is 16.8. The molecule has 1 N–H and O–H groups in total. The highest BCUT2D eigenvalue weighted by atomic mass is 19.1. The molecular formula is C19H21FN4O2. The van der Waals surface area contributed by atoms with Crippen molar-refractivity contribution in [3.8, 4) is 5.69 Å². The third kappa shape index (κ3) is 2.67. The zero-order chi connectivity index (χ0) is 18.4. The van der Waals surface area contributed by atoms with Gasteiger partial charge in [-0.15, -0.1) is 0 Å². The number of halogens is 1. The SMILES string of the molecule is Cc1nn(-c2ccc(F)cc2)c(C)c1C(=O)N1[C@@H]2CC[C@H]1CNC(=O)C2. The van der Waals surface area contributed by atoms with Crippen LogP contribution in [0.15, 0.2) is 24.3 Å². The Labute approximate surface area is 151 Å². The molecule has 2 aliphatic rings. The standard InChI is InChI=1S/C19H21FN4O2/c1-11-18(12(2)24(22-11)14-5-3-13(20)4-6-14)19(26)23-15-7-8-16(23)10-21-17(25)9-15/h3-6,15-16H,7-10H2,1-2H3,(H,21,25)/t15-,16+/m1/s1. The van der Waals surface area contributed by atoms with Gasteiger partial charge in [-0.1, -0.05) is 0 Å². The van der Waals surface area contributed by atoms with Gasteiger partial charge in [0.05, 0.1) is 22.6 Å². The van der Waals surface area contributed by atoms with Crippen molar-refractivity contribution >= 4 is 11.8 Å². The average Bonchev–Trinajstić information content (AvgIpc) is 3.07. The van der Waals surface area contributed by atoms with E-state index in [1.165, 1.54) is 12.1 Å². The van der Waals surface area contributed by atoms with Gasteiger partial charge in [-0.25, -0.2) is 9.07 Å². The predicted octanol–water partition coefficient (Wildman–Crippen LogP) is 2.12. The van der Waals surface area contributed by atoms with Gasteiger partial charge in [-0.2, -0.15) is 5.10 Å². The fourth-order valence-electron chi connectivity index (χ4n) is 4.13. The summed E-state index contributed by atoms with van der Waals surface area (Å²) in [6, 6.07) is 6.01. The topological polar surface area (TPSA) is 67.2 Å². The minimum absolute atomic E-state index is 0.00505. The fourth-order valence-corrected chi connectivity index (χ4v) is 4.13. The Bertz CT molecular complexity index is 874. The van der Waals surface area contributed by atoms with E-state index >= 15 is 0 Å². The molecule has 1 aromatic carbocycles. The van der Waals surface area contributed by atoms with Crippen molar-refractivity contribution in [1.82, 2.24) is 20.0 Å². The molecule has 2 aliphatic heterocycles. The Morgan fingerprint density at radius 1 is 1.19 bits per heavy atom. The Hall–Kier alpha value is -2.70. The van der Waals surface area contributed by atoms with Crippen LogP contribution in [0.2, 0.25) is 0 Å². The second kappa shape index (κ2) is 6.23. The molecule has 26 heavy (non-hydrogen) atoms. The second-order valence-electron chi connectivity index (χ2n) is 7.04. The number of hydrogen-bond acceptors (Lipinski definition) is 3. The highest BCUT2D eigenvalue weighted by molar-refractivity contribution is 5.97. The summed E-state index contributed by atoms with van der Waals surface area (Å²) in [7, 11) is 0. The van der Waals surface area contributed by atoms with E-state index in [-0.39, 0.29) is 29.7 Å². The van der Waals surface area contributed by atoms with Gasteiger partial charge in [0.1, 0.15) is 5.82 Å². The molecule has 0 unspecified atom stereocenters. The normalized spacial score (nSPS) is 22.3. The number of aromatic nitrogens is 2. The van der Waals surface area contributed by atoms with Crippen LogP contribution < -0.4 is 5.32 Å². The van der Waals surface area contributed by atoms with Crippen molar-refractivity contribution in [2.24, 2.45) is 0 Å². The third-order valence-corrected chi connectivity index (χ3v) is 5.39. The molecule has 2 saturated heterocycles. The van der Waals surface area contributed by atoms with Crippen LogP contribution >= 0.6 is 0 Å². The summed E-state index contributed by atoms with van der Waals surface area (Å²) in [6.45, 7) is 4.16. The lowest BCUT2D eigenvalue weighted by molar-refractivity contribution is -0.121. The van der Waals surface area contributed by atoms with Crippen LogP contribution in [0.3, 0.4) is 0 Å². The minimum atomic E-state index is -0.315. The van der Waals surface area contributed by atoms with Gasteiger partial charge in [0.15, 0.2) is 0 Å². The summed E-state index contributed by atoms with van der Waals surface area (Å²) in [6.07, 6.45) is 2.11. The molecule has 3 heterocycles. The molecule has 0 radical (unpaired) electrons. The van der Waals surface area contributed by atoms with Crippen molar-refractivity contribution in [2.75, 3.05) is 6.54 Å². The number of carbonyl (C=O) groups is 2. The van der Waals surface area contributed by atoms with E-state index in [1.807, 2.05) is 18.7 Å². The predicted molar refractivity (Wildman–Crippen MR) is 93.6 cm³/mol. The van der Waals surface area contributed by atoms with E-state index in [0.717, 1.165) is 18.5 Å². The van der Waals surface area contributed by atoms with Crippen molar-refractivity contribution in [3.05, 3.63) is 47.0 Å². The number of amides is 2. The molecule has 6 nitrogen and oxygen atoms in total. The number of rotatable bonds is 2. The van der Waals surface area contributed by atoms with E-state index in [1.54, 1.807) is 16.8 Å². The zero-order valence-corrected chi connectivity index (χ0v) is 14.8. The molecule has 0 spiro atoms. The van der Waals surface area contributed by atoms with Crippen LogP contribution in [0.4, 0.5) is 4.39 Å². The smallest absolute Gasteiger partial charge is 0.258 e. The zero-order valence-electron chi connectivity index (χ0n) is 14.8. The van der Waals surface area contributed by atoms with Crippen LogP contribution in [-0.4, -0.2) is 45.1 Å². The monoisotopic (exact) mass is 356 g/mol. The van der Waals surface area contributed by atoms with Crippen LogP contribution in [-0.2, 0) is 4.79 Å². The average molecular weight is 356 g/mol. The maximum Gasteiger partial charge on any atom is 0.258 e. The van der Waals surface area contributed by atoms with Gasteiger partial charge in [0.25, 0.3) is 5.91 Å². The van der Waals surface area contributed by atoms with Gasteiger partial charge < -0.3 is 10.2 Å². The molecule has 1 aromatic heterocycles. The minimum Gasteiger partial charge on any atom is -0.354 e. The molecule has 136 valence electrons. The lowest BCUT2D eigenvalue weighted by Crippen LogP contribution is -2.42. The van der Waals surface area contributed by atoms with Crippen molar-refractivity contribution in [1.29, 1.82) is 0 Å². The van der Waals surface area contributed by atoms with Gasteiger partial charge in [-0.3, -0.25) is 9.59 Å². The first-order valence-electron chi connectivity index (χ1n) is 8.87. The quantitative estimate of drug-likeness (QED) is 0.896. The number of nitrogens with one attached hydrogen (secondary N) is 1. The molecule has 2 atom stereocenters. The van der Waals surface area contributed by atoms with Crippen molar-refractivity contribution < 1.29 is 14.0 Å². The maximum atomic E-state index is 13.3. The summed E-state index contributed by atoms with van der Waals surface area (Å²) in [5, 5.41) is 7.39. The fraction of sp³-hybridized carbons (Fsp3) is 0.421. The van der Waals surface area contributed by atoms with Crippen LogP contribution in [0.1, 0.15) is 41.0 Å². The molecule has 0 saturated carbocycles. The number of nitrogens with zero attached hydrogens (tertiary/aromatic N) is 3. The highest BCUT2D eigenvalue weighted by Gasteiger charge is 2.41. The molecule has 0 aliphatic carbocycles. The Morgan fingerprint density at radius 2 is 1.88 bits per heavy atom. The number of aryl methyl sites for hydroxylation is 1. The molecule has 2 fully saturated rings. The lowest BCUT2D eigenvalue weighted by atomic mass is 10.1. The van der Waals surface area contributed by atoms with Crippen molar-refractivity contribution in [3.63, 3.8) is 0 Å². The van der Waals surface area contributed by atoms with E-state index in [2.05, 4.69) is 10.4 Å². The maximum absolute atomic E-state index is 13.3. The Morgan fingerprint density at radius 3 is 2.62 bits per heavy atom. The van der Waals surface area contributed by atoms with E-state index in [9.17, 15) is 14.0 Å². The number of carbonyl (C=O) groups excluding carboxylic acids is 2. The van der Waals surface area contributed by atoms with E-state index in [4.69, 9.17) is 0 Å². The number of benzene rings is 1. The largest absolute Gasteiger partial charge is 0.354 e. The van der Waals surface area contributed by atoms with Crippen LogP contribution in [0.25, 0.3) is 5.69 Å². The number of fused-ring (bicyclic) bond motifs is 2. The first-order chi connectivity index (χ1) is 12.5. The van der Waals surface area contributed by atoms with Gasteiger partial charge in [0, 0.05) is 25.0 Å². The molecule has 2 amide bonds. The van der Waals surface area contributed by atoms with Gasteiger partial charge >= 0.3 is 0 Å². The summed E-state index contributed by atoms with van der Waals surface area (Å²) in [5.74, 6) is -0.382. The van der Waals surface area contributed by atoms with Gasteiger partial charge in [-0.05, 0) is 51.0 Å². The molecule has 4 rings (SSSR count). The summed E-state index contributed by atoms with van der Waals surface area (Å²) in [5.41, 5.74) is 2.64. The summed E-state index contributed by atoms with van der Waals surface area (Å²) >= 11 is 0. The first-order valence-corrected chi connectivity index (χ1v) is 8.87. The molecule has 2 bridgehead atoms. The lowest BCUT2D eigenvalue weighted by Gasteiger charge is -2.27.